The van der Waals surface area contributed by atoms with Crippen LogP contribution in [-0.2, 0) is 13.1 Å². The highest BCUT2D eigenvalue weighted by molar-refractivity contribution is 5.85. The van der Waals surface area contributed by atoms with Crippen molar-refractivity contribution in [3.63, 3.8) is 0 Å². The average molecular weight is 446 g/mol. The van der Waals surface area contributed by atoms with Crippen molar-refractivity contribution in [1.29, 1.82) is 0 Å². The summed E-state index contributed by atoms with van der Waals surface area (Å²) in [6.45, 7) is 3.34. The van der Waals surface area contributed by atoms with Crippen LogP contribution in [0.15, 0.2) is 60.8 Å². The number of ether oxygens (including phenoxy) is 3. The zero-order chi connectivity index (χ0) is 21.3. The molecule has 0 saturated carbocycles. The molecular formula is C22H24ClN3O5. The third kappa shape index (κ3) is 6.84. The highest BCUT2D eigenvalue weighted by Crippen LogP contribution is 2.25. The zero-order valence-electron chi connectivity index (χ0n) is 17.2. The van der Waals surface area contributed by atoms with E-state index in [1.165, 1.54) is 12.1 Å². The molecule has 0 fully saturated rings. The van der Waals surface area contributed by atoms with Gasteiger partial charge in [0.1, 0.15) is 17.2 Å². The molecule has 3 aromatic rings. The van der Waals surface area contributed by atoms with E-state index in [1.54, 1.807) is 25.4 Å². The molecule has 0 bridgehead atoms. The number of nitro groups is 1. The first-order valence-corrected chi connectivity index (χ1v) is 9.46. The van der Waals surface area contributed by atoms with Gasteiger partial charge in [0.2, 0.25) is 5.88 Å². The highest BCUT2D eigenvalue weighted by atomic mass is 35.5. The van der Waals surface area contributed by atoms with Crippen molar-refractivity contribution >= 4 is 18.1 Å². The van der Waals surface area contributed by atoms with Crippen LogP contribution in [0.5, 0.6) is 23.1 Å². The fourth-order valence-electron chi connectivity index (χ4n) is 2.80. The van der Waals surface area contributed by atoms with E-state index in [0.29, 0.717) is 37.1 Å². The van der Waals surface area contributed by atoms with Gasteiger partial charge >= 0.3 is 0 Å². The van der Waals surface area contributed by atoms with Crippen LogP contribution in [0.4, 0.5) is 5.69 Å². The predicted octanol–water partition coefficient (Wildman–Crippen LogP) is 4.90. The summed E-state index contributed by atoms with van der Waals surface area (Å²) in [6, 6.07) is 15.6. The van der Waals surface area contributed by atoms with Gasteiger partial charge in [-0.25, -0.2) is 4.98 Å². The third-order valence-corrected chi connectivity index (χ3v) is 4.28. The first-order chi connectivity index (χ1) is 14.6. The standard InChI is InChI=1S/C22H23N3O5.ClH/c1-3-29-21-10-5-18(25(26)27)12-17(21)15-23-13-16-4-11-22(24-14-16)30-20-8-6-19(28-2)7-9-20;/h4-12,14,23H,3,13,15H2,1-2H3;1H. The molecule has 0 spiro atoms. The third-order valence-electron chi connectivity index (χ3n) is 4.28. The van der Waals surface area contributed by atoms with Gasteiger partial charge in [-0.05, 0) is 42.8 Å². The minimum Gasteiger partial charge on any atom is -0.497 e. The quantitative estimate of drug-likeness (QED) is 0.350. The number of halogens is 1. The van der Waals surface area contributed by atoms with E-state index in [9.17, 15) is 10.1 Å². The predicted molar refractivity (Wildman–Crippen MR) is 119 cm³/mol. The van der Waals surface area contributed by atoms with E-state index in [0.717, 1.165) is 16.9 Å². The Kier molecular flexibility index (Phi) is 9.05. The fraction of sp³-hybridized carbons (Fsp3) is 0.227. The molecule has 0 aliphatic rings. The molecule has 9 heteroatoms. The first kappa shape index (κ1) is 23.9. The Balaban J connectivity index is 0.00000341. The maximum Gasteiger partial charge on any atom is 0.270 e. The Morgan fingerprint density at radius 2 is 1.77 bits per heavy atom. The van der Waals surface area contributed by atoms with E-state index in [1.807, 2.05) is 37.3 Å². The SMILES string of the molecule is CCOc1ccc([N+](=O)[O-])cc1CNCc1ccc(Oc2ccc(OC)cc2)nc1.Cl. The van der Waals surface area contributed by atoms with Gasteiger partial charge in [-0.3, -0.25) is 10.1 Å². The highest BCUT2D eigenvalue weighted by Gasteiger charge is 2.11. The molecule has 0 aliphatic carbocycles. The maximum atomic E-state index is 11.0. The molecule has 0 aliphatic heterocycles. The smallest absolute Gasteiger partial charge is 0.270 e. The molecule has 0 atom stereocenters. The lowest BCUT2D eigenvalue weighted by atomic mass is 10.1. The lowest BCUT2D eigenvalue weighted by Crippen LogP contribution is -2.14. The Bertz CT molecular complexity index is 981. The molecule has 2 aromatic carbocycles. The number of nitro benzene ring substituents is 1. The van der Waals surface area contributed by atoms with Crippen molar-refractivity contribution in [2.24, 2.45) is 0 Å². The minimum absolute atomic E-state index is 0. The van der Waals surface area contributed by atoms with Crippen LogP contribution in [0.1, 0.15) is 18.1 Å². The number of methoxy groups -OCH3 is 1. The summed E-state index contributed by atoms with van der Waals surface area (Å²) in [5.74, 6) is 2.55. The Labute approximate surface area is 186 Å². The summed E-state index contributed by atoms with van der Waals surface area (Å²) in [6.07, 6.45) is 1.72. The van der Waals surface area contributed by atoms with Crippen LogP contribution < -0.4 is 19.5 Å². The van der Waals surface area contributed by atoms with Crippen LogP contribution in [0.25, 0.3) is 0 Å². The summed E-state index contributed by atoms with van der Waals surface area (Å²) >= 11 is 0. The summed E-state index contributed by atoms with van der Waals surface area (Å²) < 4.78 is 16.4. The van der Waals surface area contributed by atoms with Gasteiger partial charge < -0.3 is 19.5 Å². The van der Waals surface area contributed by atoms with E-state index in [4.69, 9.17) is 14.2 Å². The molecule has 1 N–H and O–H groups in total. The normalized spacial score (nSPS) is 10.1. The maximum absolute atomic E-state index is 11.0. The molecule has 31 heavy (non-hydrogen) atoms. The molecule has 0 radical (unpaired) electrons. The number of benzene rings is 2. The zero-order valence-corrected chi connectivity index (χ0v) is 18.1. The number of nitrogens with one attached hydrogen (secondary N) is 1. The summed E-state index contributed by atoms with van der Waals surface area (Å²) in [5.41, 5.74) is 1.73. The number of rotatable bonds is 10. The molecule has 1 heterocycles. The van der Waals surface area contributed by atoms with Crippen molar-refractivity contribution in [3.05, 3.63) is 82.0 Å². The number of aromatic nitrogens is 1. The van der Waals surface area contributed by atoms with Crippen LogP contribution in [0, 0.1) is 10.1 Å². The van der Waals surface area contributed by atoms with Crippen LogP contribution in [0.2, 0.25) is 0 Å². The minimum atomic E-state index is -0.412. The van der Waals surface area contributed by atoms with Crippen LogP contribution in [0.3, 0.4) is 0 Å². The average Bonchev–Trinajstić information content (AvgIpc) is 2.76. The molecule has 8 nitrogen and oxygen atoms in total. The van der Waals surface area contributed by atoms with Gasteiger partial charge in [0.05, 0.1) is 18.6 Å². The molecule has 0 saturated heterocycles. The second-order valence-electron chi connectivity index (χ2n) is 6.37. The van der Waals surface area contributed by atoms with Crippen molar-refractivity contribution < 1.29 is 19.1 Å². The lowest BCUT2D eigenvalue weighted by molar-refractivity contribution is -0.384. The molecule has 164 valence electrons. The molecule has 3 rings (SSSR count). The Morgan fingerprint density at radius 1 is 1.03 bits per heavy atom. The second-order valence-corrected chi connectivity index (χ2v) is 6.37. The summed E-state index contributed by atoms with van der Waals surface area (Å²) in [4.78, 5) is 14.9. The van der Waals surface area contributed by atoms with Gasteiger partial charge in [-0.15, -0.1) is 12.4 Å². The van der Waals surface area contributed by atoms with E-state index in [-0.39, 0.29) is 18.1 Å². The second kappa shape index (κ2) is 11.7. The van der Waals surface area contributed by atoms with Crippen LogP contribution >= 0.6 is 12.4 Å². The molecule has 0 amide bonds. The number of hydrogen-bond donors (Lipinski definition) is 1. The monoisotopic (exact) mass is 445 g/mol. The van der Waals surface area contributed by atoms with Gasteiger partial charge in [0.15, 0.2) is 0 Å². The number of hydrogen-bond acceptors (Lipinski definition) is 7. The van der Waals surface area contributed by atoms with Gasteiger partial charge in [0.25, 0.3) is 5.69 Å². The largest absolute Gasteiger partial charge is 0.497 e. The molecule has 0 unspecified atom stereocenters. The molecular weight excluding hydrogens is 422 g/mol. The number of non-ortho nitro benzene ring substituents is 1. The van der Waals surface area contributed by atoms with Crippen LogP contribution in [-0.4, -0.2) is 23.6 Å². The fourth-order valence-corrected chi connectivity index (χ4v) is 2.80. The topological polar surface area (TPSA) is 95.8 Å². The Hall–Kier alpha value is -3.36. The first-order valence-electron chi connectivity index (χ1n) is 9.46. The van der Waals surface area contributed by atoms with E-state index in [2.05, 4.69) is 10.3 Å². The van der Waals surface area contributed by atoms with Crippen molar-refractivity contribution in [1.82, 2.24) is 10.3 Å². The van der Waals surface area contributed by atoms with Gasteiger partial charge in [-0.1, -0.05) is 6.07 Å². The Morgan fingerprint density at radius 3 is 2.39 bits per heavy atom. The van der Waals surface area contributed by atoms with E-state index >= 15 is 0 Å². The van der Waals surface area contributed by atoms with Gasteiger partial charge in [0, 0.05) is 43.0 Å². The summed E-state index contributed by atoms with van der Waals surface area (Å²) in [7, 11) is 1.61. The summed E-state index contributed by atoms with van der Waals surface area (Å²) in [5, 5.41) is 14.3. The van der Waals surface area contributed by atoms with Crippen molar-refractivity contribution in [3.8, 4) is 23.1 Å². The van der Waals surface area contributed by atoms with Crippen molar-refractivity contribution in [2.75, 3.05) is 13.7 Å². The van der Waals surface area contributed by atoms with Gasteiger partial charge in [-0.2, -0.15) is 0 Å². The van der Waals surface area contributed by atoms with Crippen molar-refractivity contribution in [2.45, 2.75) is 20.0 Å². The number of nitrogens with zero attached hydrogens (tertiary/aromatic N) is 2. The molecule has 1 aromatic heterocycles. The van der Waals surface area contributed by atoms with E-state index < -0.39 is 4.92 Å². The number of pyridine rings is 1. The lowest BCUT2D eigenvalue weighted by Gasteiger charge is -2.11.